The highest BCUT2D eigenvalue weighted by Gasteiger charge is 2.35. The van der Waals surface area contributed by atoms with E-state index in [-0.39, 0.29) is 11.8 Å². The van der Waals surface area contributed by atoms with Gasteiger partial charge in [0.15, 0.2) is 0 Å². The summed E-state index contributed by atoms with van der Waals surface area (Å²) in [6.45, 7) is 3.94. The van der Waals surface area contributed by atoms with Crippen molar-refractivity contribution in [2.24, 2.45) is 0 Å². The highest BCUT2D eigenvalue weighted by molar-refractivity contribution is 9.10. The van der Waals surface area contributed by atoms with Gasteiger partial charge in [-0.25, -0.2) is 0 Å². The summed E-state index contributed by atoms with van der Waals surface area (Å²) in [5.41, 5.74) is 0. The van der Waals surface area contributed by atoms with Gasteiger partial charge in [0.2, 0.25) is 11.8 Å². The lowest BCUT2D eigenvalue weighted by molar-refractivity contribution is -0.148. The van der Waals surface area contributed by atoms with E-state index in [1.807, 2.05) is 11.4 Å². The van der Waals surface area contributed by atoms with Crippen LogP contribution in [0.5, 0.6) is 0 Å². The topological polar surface area (TPSA) is 49.4 Å². The Hall–Kier alpha value is -0.880. The van der Waals surface area contributed by atoms with Crippen LogP contribution >= 0.6 is 27.3 Å². The van der Waals surface area contributed by atoms with Crippen LogP contribution < -0.4 is 5.32 Å². The number of piperazine rings is 1. The van der Waals surface area contributed by atoms with Gasteiger partial charge in [-0.05, 0) is 41.2 Å². The number of hydrogen-bond donors (Lipinski definition) is 1. The Bertz CT molecular complexity index is 460. The average molecular weight is 317 g/mol. The molecule has 2 amide bonds. The molecule has 2 atom stereocenters. The molecule has 2 rings (SSSR count). The van der Waals surface area contributed by atoms with E-state index in [0.29, 0.717) is 6.54 Å². The van der Waals surface area contributed by atoms with Crippen molar-refractivity contribution in [3.63, 3.8) is 0 Å². The molecule has 0 saturated carbocycles. The molecule has 1 aliphatic heterocycles. The molecule has 0 spiro atoms. The highest BCUT2D eigenvalue weighted by Crippen LogP contribution is 2.26. The van der Waals surface area contributed by atoms with Crippen molar-refractivity contribution >= 4 is 39.1 Å². The van der Waals surface area contributed by atoms with E-state index in [4.69, 9.17) is 0 Å². The van der Waals surface area contributed by atoms with Crippen LogP contribution in [0.3, 0.4) is 0 Å². The van der Waals surface area contributed by atoms with Gasteiger partial charge in [-0.3, -0.25) is 9.59 Å². The Labute approximate surface area is 112 Å². The second-order valence-electron chi connectivity index (χ2n) is 4.06. The zero-order chi connectivity index (χ0) is 12.6. The first-order valence-electron chi connectivity index (χ1n) is 5.33. The molecule has 0 aromatic carbocycles. The molecule has 1 aromatic heterocycles. The summed E-state index contributed by atoms with van der Waals surface area (Å²) in [7, 11) is 0. The number of nitrogens with zero attached hydrogens (tertiary/aromatic N) is 1. The first-order valence-corrected chi connectivity index (χ1v) is 7.00. The van der Waals surface area contributed by atoms with Crippen LogP contribution in [0.4, 0.5) is 0 Å². The number of carbonyl (C=O) groups excluding carboxylic acids is 2. The summed E-state index contributed by atoms with van der Waals surface area (Å²) in [6, 6.07) is 1.10. The second-order valence-corrected chi connectivity index (χ2v) is 5.92. The smallest absolute Gasteiger partial charge is 0.245 e. The molecule has 1 aromatic rings. The van der Waals surface area contributed by atoms with Crippen molar-refractivity contribution in [3.8, 4) is 0 Å². The van der Waals surface area contributed by atoms with Gasteiger partial charge in [-0.15, -0.1) is 11.3 Å². The Morgan fingerprint density at radius 3 is 2.76 bits per heavy atom. The Morgan fingerprint density at radius 1 is 1.47 bits per heavy atom. The zero-order valence-electron chi connectivity index (χ0n) is 9.57. The largest absolute Gasteiger partial charge is 0.343 e. The van der Waals surface area contributed by atoms with Crippen molar-refractivity contribution in [2.45, 2.75) is 32.5 Å². The third kappa shape index (κ3) is 2.37. The minimum absolute atomic E-state index is 0.0302. The molecule has 2 unspecified atom stereocenters. The lowest BCUT2D eigenvalue weighted by Gasteiger charge is -2.35. The average Bonchev–Trinajstić information content (AvgIpc) is 2.68. The second kappa shape index (κ2) is 4.78. The fourth-order valence-corrected chi connectivity index (χ4v) is 3.26. The quantitative estimate of drug-likeness (QED) is 0.903. The first kappa shape index (κ1) is 12.6. The standard InChI is InChI=1S/C11H13BrN2O2S/c1-6-11(16)14(7(2)10(15)13-6)5-9-8(12)3-4-17-9/h3-4,6-7H,5H2,1-2H3,(H,13,15). The maximum atomic E-state index is 12.0. The summed E-state index contributed by atoms with van der Waals surface area (Å²) in [4.78, 5) is 26.4. The molecule has 92 valence electrons. The van der Waals surface area contributed by atoms with E-state index < -0.39 is 12.1 Å². The summed E-state index contributed by atoms with van der Waals surface area (Å²) in [5, 5.41) is 4.62. The molecule has 0 aliphatic carbocycles. The maximum Gasteiger partial charge on any atom is 0.245 e. The van der Waals surface area contributed by atoms with E-state index in [1.54, 1.807) is 30.1 Å². The van der Waals surface area contributed by atoms with Crippen LogP contribution in [0.1, 0.15) is 18.7 Å². The van der Waals surface area contributed by atoms with Crippen molar-refractivity contribution in [3.05, 3.63) is 20.8 Å². The van der Waals surface area contributed by atoms with Crippen molar-refractivity contribution < 1.29 is 9.59 Å². The number of halogens is 1. The molecular weight excluding hydrogens is 304 g/mol. The van der Waals surface area contributed by atoms with Crippen LogP contribution in [-0.4, -0.2) is 28.8 Å². The van der Waals surface area contributed by atoms with Gasteiger partial charge < -0.3 is 10.2 Å². The fraction of sp³-hybridized carbons (Fsp3) is 0.455. The van der Waals surface area contributed by atoms with Gasteiger partial charge in [-0.2, -0.15) is 0 Å². The molecule has 0 radical (unpaired) electrons. The van der Waals surface area contributed by atoms with Gasteiger partial charge in [0.1, 0.15) is 12.1 Å². The van der Waals surface area contributed by atoms with Gasteiger partial charge in [0.25, 0.3) is 0 Å². The summed E-state index contributed by atoms with van der Waals surface area (Å²) >= 11 is 5.01. The molecule has 1 saturated heterocycles. The number of amides is 2. The van der Waals surface area contributed by atoms with E-state index in [9.17, 15) is 9.59 Å². The minimum atomic E-state index is -0.433. The summed E-state index contributed by atoms with van der Waals surface area (Å²) in [5.74, 6) is -0.123. The third-order valence-electron chi connectivity index (χ3n) is 2.86. The summed E-state index contributed by atoms with van der Waals surface area (Å²) in [6.07, 6.45) is 0. The molecule has 1 fully saturated rings. The van der Waals surface area contributed by atoms with Gasteiger partial charge in [-0.1, -0.05) is 0 Å². The molecule has 6 heteroatoms. The Kier molecular flexibility index (Phi) is 3.53. The normalized spacial score (nSPS) is 25.0. The predicted octanol–water partition coefficient (Wildman–Crippen LogP) is 1.75. The van der Waals surface area contributed by atoms with Crippen LogP contribution in [0.25, 0.3) is 0 Å². The Balaban J connectivity index is 2.20. The third-order valence-corrected chi connectivity index (χ3v) is 4.78. The molecule has 2 heterocycles. The minimum Gasteiger partial charge on any atom is -0.343 e. The Morgan fingerprint density at radius 2 is 2.18 bits per heavy atom. The van der Waals surface area contributed by atoms with Crippen molar-refractivity contribution in [1.29, 1.82) is 0 Å². The first-order chi connectivity index (χ1) is 8.00. The number of hydrogen-bond acceptors (Lipinski definition) is 3. The van der Waals surface area contributed by atoms with Crippen LogP contribution in [0.15, 0.2) is 15.9 Å². The van der Waals surface area contributed by atoms with Gasteiger partial charge in [0, 0.05) is 9.35 Å². The maximum absolute atomic E-state index is 12.0. The molecule has 1 aliphatic rings. The SMILES string of the molecule is CC1NC(=O)C(C)N(Cc2sccc2Br)C1=O. The van der Waals surface area contributed by atoms with Crippen molar-refractivity contribution in [2.75, 3.05) is 0 Å². The molecule has 4 nitrogen and oxygen atoms in total. The summed E-state index contributed by atoms with van der Waals surface area (Å²) < 4.78 is 0.987. The predicted molar refractivity (Wildman–Crippen MR) is 69.6 cm³/mol. The molecular formula is C11H13BrN2O2S. The molecule has 1 N–H and O–H groups in total. The molecule has 0 bridgehead atoms. The lowest BCUT2D eigenvalue weighted by atomic mass is 10.1. The van der Waals surface area contributed by atoms with Crippen molar-refractivity contribution in [1.82, 2.24) is 10.2 Å². The van der Waals surface area contributed by atoms with E-state index in [2.05, 4.69) is 21.2 Å². The monoisotopic (exact) mass is 316 g/mol. The van der Waals surface area contributed by atoms with Crippen LogP contribution in [-0.2, 0) is 16.1 Å². The highest BCUT2D eigenvalue weighted by atomic mass is 79.9. The number of rotatable bonds is 2. The number of thiophene rings is 1. The number of nitrogens with one attached hydrogen (secondary N) is 1. The lowest BCUT2D eigenvalue weighted by Crippen LogP contribution is -2.60. The van der Waals surface area contributed by atoms with E-state index in [0.717, 1.165) is 9.35 Å². The van der Waals surface area contributed by atoms with E-state index in [1.165, 1.54) is 0 Å². The molecule has 17 heavy (non-hydrogen) atoms. The van der Waals surface area contributed by atoms with Gasteiger partial charge >= 0.3 is 0 Å². The number of carbonyl (C=O) groups is 2. The van der Waals surface area contributed by atoms with Gasteiger partial charge in [0.05, 0.1) is 6.54 Å². The van der Waals surface area contributed by atoms with Crippen LogP contribution in [0.2, 0.25) is 0 Å². The zero-order valence-corrected chi connectivity index (χ0v) is 12.0. The fourth-order valence-electron chi connectivity index (χ4n) is 1.78. The van der Waals surface area contributed by atoms with E-state index >= 15 is 0 Å². The van der Waals surface area contributed by atoms with Crippen LogP contribution in [0, 0.1) is 0 Å².